The Morgan fingerprint density at radius 1 is 1.05 bits per heavy atom. The highest BCUT2D eigenvalue weighted by Crippen LogP contribution is 2.32. The molecule has 0 aromatic heterocycles. The van der Waals surface area contributed by atoms with Gasteiger partial charge in [-0.05, 0) is 37.1 Å². The number of benzene rings is 2. The van der Waals surface area contributed by atoms with Gasteiger partial charge in [0.1, 0.15) is 6.10 Å². The number of aromatic hydroxyl groups is 1. The molecule has 2 unspecified atom stereocenters. The Kier molecular flexibility index (Phi) is 4.96. The molecule has 3 heteroatoms. The molecule has 116 valence electrons. The fourth-order valence-electron chi connectivity index (χ4n) is 3.01. The first-order valence-corrected chi connectivity index (χ1v) is 8.06. The number of piperidine rings is 1. The highest BCUT2D eigenvalue weighted by Gasteiger charge is 2.22. The fraction of sp³-hybridized carbons (Fsp3) is 0.368. The van der Waals surface area contributed by atoms with Gasteiger partial charge in [-0.15, -0.1) is 0 Å². The molecule has 2 aromatic carbocycles. The first-order chi connectivity index (χ1) is 10.8. The van der Waals surface area contributed by atoms with Crippen molar-refractivity contribution in [3.05, 3.63) is 60.2 Å². The summed E-state index contributed by atoms with van der Waals surface area (Å²) in [5, 5.41) is 13.5. The number of para-hydroxylation sites is 2. The first-order valence-electron chi connectivity index (χ1n) is 8.06. The molecule has 0 aliphatic carbocycles. The van der Waals surface area contributed by atoms with E-state index < -0.39 is 0 Å². The summed E-state index contributed by atoms with van der Waals surface area (Å²) >= 11 is 0. The Hall–Kier alpha value is -2.00. The minimum atomic E-state index is -0.0508. The smallest absolute Gasteiger partial charge is 0.161 e. The third-order valence-corrected chi connectivity index (χ3v) is 4.22. The van der Waals surface area contributed by atoms with Crippen LogP contribution < -0.4 is 10.1 Å². The topological polar surface area (TPSA) is 41.5 Å². The zero-order valence-corrected chi connectivity index (χ0v) is 12.7. The van der Waals surface area contributed by atoms with Crippen molar-refractivity contribution >= 4 is 0 Å². The average Bonchev–Trinajstić information content (AvgIpc) is 2.58. The van der Waals surface area contributed by atoms with Gasteiger partial charge in [0, 0.05) is 12.5 Å². The summed E-state index contributed by atoms with van der Waals surface area (Å²) < 4.78 is 6.14. The Labute approximate surface area is 131 Å². The van der Waals surface area contributed by atoms with Crippen LogP contribution in [0.2, 0.25) is 0 Å². The Morgan fingerprint density at radius 2 is 1.82 bits per heavy atom. The second-order valence-corrected chi connectivity index (χ2v) is 5.87. The number of phenols is 1. The van der Waals surface area contributed by atoms with Crippen molar-refractivity contribution < 1.29 is 9.84 Å². The van der Waals surface area contributed by atoms with E-state index in [9.17, 15) is 5.11 Å². The van der Waals surface area contributed by atoms with Crippen LogP contribution in [-0.2, 0) is 0 Å². The van der Waals surface area contributed by atoms with E-state index in [1.165, 1.54) is 19.3 Å². The molecule has 1 fully saturated rings. The Morgan fingerprint density at radius 3 is 2.55 bits per heavy atom. The fourth-order valence-corrected chi connectivity index (χ4v) is 3.01. The molecule has 0 amide bonds. The molecule has 0 radical (unpaired) electrons. The Balaban J connectivity index is 1.78. The number of phenolic OH excluding ortho intramolecular Hbond substituents is 1. The molecule has 2 atom stereocenters. The molecule has 1 saturated heterocycles. The summed E-state index contributed by atoms with van der Waals surface area (Å²) in [6, 6.07) is 17.9. The number of rotatable bonds is 5. The lowest BCUT2D eigenvalue weighted by atomic mass is 9.96. The van der Waals surface area contributed by atoms with Gasteiger partial charge in [0.05, 0.1) is 0 Å². The van der Waals surface area contributed by atoms with Gasteiger partial charge in [0.25, 0.3) is 0 Å². The van der Waals surface area contributed by atoms with E-state index in [0.717, 1.165) is 18.5 Å². The Bertz CT molecular complexity index is 579. The van der Waals surface area contributed by atoms with Crippen LogP contribution >= 0.6 is 0 Å². The lowest BCUT2D eigenvalue weighted by molar-refractivity contribution is 0.163. The summed E-state index contributed by atoms with van der Waals surface area (Å²) in [5.74, 6) is 0.743. The third-order valence-electron chi connectivity index (χ3n) is 4.22. The van der Waals surface area contributed by atoms with Crippen LogP contribution in [0.5, 0.6) is 11.5 Å². The molecule has 0 spiro atoms. The summed E-state index contributed by atoms with van der Waals surface area (Å²) in [4.78, 5) is 0. The molecule has 2 N–H and O–H groups in total. The van der Waals surface area contributed by atoms with Gasteiger partial charge in [-0.2, -0.15) is 0 Å². The molecule has 3 rings (SSSR count). The minimum Gasteiger partial charge on any atom is -0.504 e. The molecular formula is C19H23NO2. The van der Waals surface area contributed by atoms with Crippen molar-refractivity contribution in [1.29, 1.82) is 0 Å². The number of nitrogens with one attached hydrogen (secondary N) is 1. The SMILES string of the molecule is Oc1ccccc1OC(CC1CCCCN1)c1ccccc1. The van der Waals surface area contributed by atoms with E-state index in [1.54, 1.807) is 6.07 Å². The lowest BCUT2D eigenvalue weighted by Crippen LogP contribution is -2.36. The summed E-state index contributed by atoms with van der Waals surface area (Å²) in [5.41, 5.74) is 1.15. The van der Waals surface area contributed by atoms with Crippen LogP contribution in [0, 0.1) is 0 Å². The van der Waals surface area contributed by atoms with E-state index in [0.29, 0.717) is 11.8 Å². The summed E-state index contributed by atoms with van der Waals surface area (Å²) in [6.07, 6.45) is 4.58. The molecule has 1 heterocycles. The number of hydrogen-bond acceptors (Lipinski definition) is 3. The average molecular weight is 297 g/mol. The zero-order chi connectivity index (χ0) is 15.2. The van der Waals surface area contributed by atoms with E-state index in [-0.39, 0.29) is 11.9 Å². The normalized spacial score (nSPS) is 19.5. The predicted octanol–water partition coefficient (Wildman–Crippen LogP) is 4.04. The van der Waals surface area contributed by atoms with Crippen LogP contribution in [0.25, 0.3) is 0 Å². The quantitative estimate of drug-likeness (QED) is 0.875. The predicted molar refractivity (Wildman–Crippen MR) is 88.2 cm³/mol. The van der Waals surface area contributed by atoms with Gasteiger partial charge in [0.2, 0.25) is 0 Å². The highest BCUT2D eigenvalue weighted by atomic mass is 16.5. The zero-order valence-electron chi connectivity index (χ0n) is 12.7. The highest BCUT2D eigenvalue weighted by molar-refractivity contribution is 5.38. The van der Waals surface area contributed by atoms with Crippen LogP contribution in [0.3, 0.4) is 0 Å². The van der Waals surface area contributed by atoms with Crippen molar-refractivity contribution in [3.63, 3.8) is 0 Å². The van der Waals surface area contributed by atoms with E-state index in [4.69, 9.17) is 4.74 Å². The largest absolute Gasteiger partial charge is 0.504 e. The van der Waals surface area contributed by atoms with E-state index in [2.05, 4.69) is 17.4 Å². The number of ether oxygens (including phenoxy) is 1. The summed E-state index contributed by atoms with van der Waals surface area (Å²) in [6.45, 7) is 1.09. The van der Waals surface area contributed by atoms with Gasteiger partial charge in [-0.3, -0.25) is 0 Å². The molecule has 3 nitrogen and oxygen atoms in total. The van der Waals surface area contributed by atoms with Crippen LogP contribution in [0.1, 0.15) is 37.4 Å². The number of hydrogen-bond donors (Lipinski definition) is 2. The molecule has 0 bridgehead atoms. The van der Waals surface area contributed by atoms with Crippen molar-refractivity contribution in [2.45, 2.75) is 37.8 Å². The van der Waals surface area contributed by atoms with Crippen LogP contribution in [0.4, 0.5) is 0 Å². The van der Waals surface area contributed by atoms with E-state index in [1.807, 2.05) is 36.4 Å². The van der Waals surface area contributed by atoms with Crippen molar-refractivity contribution in [1.82, 2.24) is 5.32 Å². The van der Waals surface area contributed by atoms with Gasteiger partial charge >= 0.3 is 0 Å². The van der Waals surface area contributed by atoms with Crippen LogP contribution in [-0.4, -0.2) is 17.7 Å². The summed E-state index contributed by atoms with van der Waals surface area (Å²) in [7, 11) is 0. The molecule has 1 aliphatic rings. The van der Waals surface area contributed by atoms with Crippen molar-refractivity contribution in [3.8, 4) is 11.5 Å². The van der Waals surface area contributed by atoms with Gasteiger partial charge in [0.15, 0.2) is 11.5 Å². The maximum atomic E-state index is 9.97. The van der Waals surface area contributed by atoms with Gasteiger partial charge in [-0.25, -0.2) is 0 Å². The second-order valence-electron chi connectivity index (χ2n) is 5.87. The molecule has 1 aliphatic heterocycles. The molecule has 2 aromatic rings. The van der Waals surface area contributed by atoms with Crippen LogP contribution in [0.15, 0.2) is 54.6 Å². The maximum Gasteiger partial charge on any atom is 0.161 e. The van der Waals surface area contributed by atoms with E-state index >= 15 is 0 Å². The molecular weight excluding hydrogens is 274 g/mol. The third kappa shape index (κ3) is 3.80. The van der Waals surface area contributed by atoms with Gasteiger partial charge < -0.3 is 15.2 Å². The maximum absolute atomic E-state index is 9.97. The van der Waals surface area contributed by atoms with Crippen molar-refractivity contribution in [2.24, 2.45) is 0 Å². The molecule has 0 saturated carbocycles. The monoisotopic (exact) mass is 297 g/mol. The minimum absolute atomic E-state index is 0.0508. The molecule has 22 heavy (non-hydrogen) atoms. The lowest BCUT2D eigenvalue weighted by Gasteiger charge is -2.28. The van der Waals surface area contributed by atoms with Crippen molar-refractivity contribution in [2.75, 3.05) is 6.54 Å². The first kappa shape index (κ1) is 14.9. The van der Waals surface area contributed by atoms with Gasteiger partial charge in [-0.1, -0.05) is 48.9 Å². The second kappa shape index (κ2) is 7.32. The standard InChI is InChI=1S/C19H23NO2/c21-17-11-4-5-12-18(17)22-19(15-8-2-1-3-9-15)14-16-10-6-7-13-20-16/h1-5,8-9,11-12,16,19-21H,6-7,10,13-14H2.